The number of hydrogen-bond acceptors (Lipinski definition) is 2. The van der Waals surface area contributed by atoms with Crippen molar-refractivity contribution in [3.8, 4) is 0 Å². The van der Waals surface area contributed by atoms with Gasteiger partial charge in [-0.25, -0.2) is 4.79 Å². The Hall–Kier alpha value is -1.51. The van der Waals surface area contributed by atoms with Crippen molar-refractivity contribution >= 4 is 11.7 Å². The zero-order valence-electron chi connectivity index (χ0n) is 10.4. The molecule has 0 atom stereocenters. The monoisotopic (exact) mass is 233 g/mol. The van der Waals surface area contributed by atoms with Crippen LogP contribution in [0.5, 0.6) is 0 Å². The van der Waals surface area contributed by atoms with Crippen LogP contribution in [0.1, 0.15) is 37.0 Å². The smallest absolute Gasteiger partial charge is 0.335 e. The second-order valence-electron chi connectivity index (χ2n) is 5.26. The second kappa shape index (κ2) is 4.40. The molecule has 1 fully saturated rings. The van der Waals surface area contributed by atoms with E-state index in [4.69, 9.17) is 5.11 Å². The van der Waals surface area contributed by atoms with Crippen molar-refractivity contribution in [2.45, 2.75) is 26.7 Å². The first-order chi connectivity index (χ1) is 8.03. The molecule has 0 aromatic heterocycles. The quantitative estimate of drug-likeness (QED) is 0.820. The van der Waals surface area contributed by atoms with Gasteiger partial charge in [0.15, 0.2) is 0 Å². The van der Waals surface area contributed by atoms with Crippen molar-refractivity contribution in [2.24, 2.45) is 11.3 Å². The van der Waals surface area contributed by atoms with Crippen LogP contribution in [-0.4, -0.2) is 17.6 Å². The fraction of sp³-hybridized carbons (Fsp3) is 0.500. The minimum absolute atomic E-state index is 0.337. The summed E-state index contributed by atoms with van der Waals surface area (Å²) < 4.78 is 0. The third kappa shape index (κ3) is 2.60. The molecule has 0 aliphatic heterocycles. The number of rotatable bonds is 5. The number of nitrogens with one attached hydrogen (secondary N) is 1. The van der Waals surface area contributed by atoms with Gasteiger partial charge in [-0.3, -0.25) is 0 Å². The van der Waals surface area contributed by atoms with Crippen molar-refractivity contribution in [3.05, 3.63) is 29.8 Å². The molecule has 0 spiro atoms. The summed E-state index contributed by atoms with van der Waals surface area (Å²) >= 11 is 0. The van der Waals surface area contributed by atoms with Gasteiger partial charge in [-0.15, -0.1) is 0 Å². The molecule has 1 aliphatic rings. The van der Waals surface area contributed by atoms with Gasteiger partial charge in [-0.05, 0) is 42.4 Å². The van der Waals surface area contributed by atoms with Gasteiger partial charge >= 0.3 is 5.97 Å². The molecular formula is C14H19NO2. The molecule has 2 N–H and O–H groups in total. The molecule has 1 saturated carbocycles. The predicted octanol–water partition coefficient (Wildman–Crippen LogP) is 3.23. The number of carboxylic acid groups (broad SMARTS) is 1. The summed E-state index contributed by atoms with van der Waals surface area (Å²) in [5.74, 6) is -0.198. The van der Waals surface area contributed by atoms with Crippen LogP contribution in [0.2, 0.25) is 0 Å². The maximum Gasteiger partial charge on any atom is 0.335 e. The highest BCUT2D eigenvalue weighted by atomic mass is 16.4. The highest BCUT2D eigenvalue weighted by molar-refractivity contribution is 5.88. The lowest BCUT2D eigenvalue weighted by Gasteiger charge is -2.20. The Morgan fingerprint density at radius 2 is 2.18 bits per heavy atom. The van der Waals surface area contributed by atoms with Crippen LogP contribution in [-0.2, 0) is 0 Å². The highest BCUT2D eigenvalue weighted by Gasteiger charge is 2.44. The molecular weight excluding hydrogens is 214 g/mol. The van der Waals surface area contributed by atoms with E-state index < -0.39 is 5.97 Å². The van der Waals surface area contributed by atoms with Crippen LogP contribution in [0.4, 0.5) is 5.69 Å². The molecule has 1 aliphatic carbocycles. The summed E-state index contributed by atoms with van der Waals surface area (Å²) in [5.41, 5.74) is 1.67. The first-order valence-corrected chi connectivity index (χ1v) is 6.11. The summed E-state index contributed by atoms with van der Waals surface area (Å²) in [7, 11) is 0. The number of hydrogen-bond donors (Lipinski definition) is 2. The minimum atomic E-state index is -0.876. The van der Waals surface area contributed by atoms with Crippen molar-refractivity contribution < 1.29 is 9.90 Å². The van der Waals surface area contributed by atoms with Gasteiger partial charge < -0.3 is 10.4 Å². The average molecular weight is 233 g/mol. The number of carbonyl (C=O) groups is 1. The van der Waals surface area contributed by atoms with Crippen molar-refractivity contribution in [1.82, 2.24) is 0 Å². The van der Waals surface area contributed by atoms with Gasteiger partial charge in [-0.2, -0.15) is 0 Å². The average Bonchev–Trinajstić information content (AvgIpc) is 3.08. The molecule has 0 heterocycles. The SMILES string of the molecule is CC(C)C1(CNc2cccc(C(=O)O)c2)CC1. The Kier molecular flexibility index (Phi) is 3.09. The largest absolute Gasteiger partial charge is 0.478 e. The number of aromatic carboxylic acids is 1. The molecule has 0 bridgehead atoms. The van der Waals surface area contributed by atoms with E-state index in [2.05, 4.69) is 19.2 Å². The van der Waals surface area contributed by atoms with E-state index in [1.165, 1.54) is 12.8 Å². The van der Waals surface area contributed by atoms with Gasteiger partial charge in [0.2, 0.25) is 0 Å². The lowest BCUT2D eigenvalue weighted by Crippen LogP contribution is -2.20. The van der Waals surface area contributed by atoms with E-state index in [9.17, 15) is 4.79 Å². The molecule has 0 radical (unpaired) electrons. The van der Waals surface area contributed by atoms with Crippen LogP contribution in [0, 0.1) is 11.3 Å². The Balaban J connectivity index is 2.00. The molecule has 17 heavy (non-hydrogen) atoms. The number of carboxylic acids is 1. The molecule has 0 amide bonds. The molecule has 0 unspecified atom stereocenters. The van der Waals surface area contributed by atoms with Gasteiger partial charge in [0, 0.05) is 12.2 Å². The third-order valence-electron chi connectivity index (χ3n) is 3.87. The topological polar surface area (TPSA) is 49.3 Å². The van der Waals surface area contributed by atoms with E-state index in [0.717, 1.165) is 12.2 Å². The highest BCUT2D eigenvalue weighted by Crippen LogP contribution is 2.51. The van der Waals surface area contributed by atoms with E-state index in [1.54, 1.807) is 18.2 Å². The Morgan fingerprint density at radius 3 is 2.71 bits per heavy atom. The molecule has 3 nitrogen and oxygen atoms in total. The van der Waals surface area contributed by atoms with Gasteiger partial charge in [-0.1, -0.05) is 19.9 Å². The van der Waals surface area contributed by atoms with E-state index >= 15 is 0 Å². The van der Waals surface area contributed by atoms with Crippen LogP contribution >= 0.6 is 0 Å². The minimum Gasteiger partial charge on any atom is -0.478 e. The summed E-state index contributed by atoms with van der Waals surface area (Å²) in [6.07, 6.45) is 2.55. The maximum absolute atomic E-state index is 10.8. The summed E-state index contributed by atoms with van der Waals surface area (Å²) in [4.78, 5) is 10.8. The van der Waals surface area contributed by atoms with Crippen molar-refractivity contribution in [2.75, 3.05) is 11.9 Å². The van der Waals surface area contributed by atoms with E-state index in [-0.39, 0.29) is 0 Å². The van der Waals surface area contributed by atoms with Crippen LogP contribution in [0.3, 0.4) is 0 Å². The standard InChI is InChI=1S/C14H19NO2/c1-10(2)14(6-7-14)9-15-12-5-3-4-11(8-12)13(16)17/h3-5,8,10,15H,6-7,9H2,1-2H3,(H,16,17). The molecule has 1 aromatic carbocycles. The first-order valence-electron chi connectivity index (χ1n) is 6.11. The molecule has 2 rings (SSSR count). The summed E-state index contributed by atoms with van der Waals surface area (Å²) in [6, 6.07) is 7.01. The van der Waals surface area contributed by atoms with Crippen molar-refractivity contribution in [1.29, 1.82) is 0 Å². The number of benzene rings is 1. The second-order valence-corrected chi connectivity index (χ2v) is 5.26. The maximum atomic E-state index is 10.8. The van der Waals surface area contributed by atoms with Crippen molar-refractivity contribution in [3.63, 3.8) is 0 Å². The lowest BCUT2D eigenvalue weighted by molar-refractivity contribution is 0.0697. The number of anilines is 1. The van der Waals surface area contributed by atoms with Crippen LogP contribution in [0.15, 0.2) is 24.3 Å². The zero-order chi connectivity index (χ0) is 12.5. The molecule has 1 aromatic rings. The Morgan fingerprint density at radius 1 is 1.47 bits per heavy atom. The van der Waals surface area contributed by atoms with Crippen LogP contribution < -0.4 is 5.32 Å². The van der Waals surface area contributed by atoms with Gasteiger partial charge in [0.25, 0.3) is 0 Å². The Labute approximate surface area is 102 Å². The van der Waals surface area contributed by atoms with E-state index in [1.807, 2.05) is 6.07 Å². The molecule has 3 heteroatoms. The lowest BCUT2D eigenvalue weighted by atomic mass is 9.92. The summed E-state index contributed by atoms with van der Waals surface area (Å²) in [6.45, 7) is 5.44. The summed E-state index contributed by atoms with van der Waals surface area (Å²) in [5, 5.41) is 12.3. The normalized spacial score (nSPS) is 16.9. The predicted molar refractivity (Wildman–Crippen MR) is 68.4 cm³/mol. The molecule has 92 valence electrons. The fourth-order valence-corrected chi connectivity index (χ4v) is 2.16. The fourth-order valence-electron chi connectivity index (χ4n) is 2.16. The first kappa shape index (κ1) is 12.0. The zero-order valence-corrected chi connectivity index (χ0v) is 10.4. The third-order valence-corrected chi connectivity index (χ3v) is 3.87. The van der Waals surface area contributed by atoms with Crippen LogP contribution in [0.25, 0.3) is 0 Å². The van der Waals surface area contributed by atoms with Gasteiger partial charge in [0.05, 0.1) is 5.56 Å². The Bertz CT molecular complexity index is 422. The van der Waals surface area contributed by atoms with Gasteiger partial charge in [0.1, 0.15) is 0 Å². The van der Waals surface area contributed by atoms with E-state index in [0.29, 0.717) is 16.9 Å². The molecule has 0 saturated heterocycles.